The Morgan fingerprint density at radius 1 is 1.41 bits per heavy atom. The second-order valence-corrected chi connectivity index (χ2v) is 7.12. The summed E-state index contributed by atoms with van der Waals surface area (Å²) in [5.74, 6) is 0. The van der Waals surface area contributed by atoms with Crippen LogP contribution in [-0.2, 0) is 11.3 Å². The quantitative estimate of drug-likeness (QED) is 0.773. The fraction of sp³-hybridized carbons (Fsp3) is 0.500. The van der Waals surface area contributed by atoms with Crippen LogP contribution in [0.2, 0.25) is 5.02 Å². The predicted molar refractivity (Wildman–Crippen MR) is 80.9 cm³/mol. The Balaban J connectivity index is 1.74. The standard InChI is InChI=1S/C12H19ClNOPS/c13-11-5-3-10(4-6-11)8-15-9-14-7-1-2-12(14)17-16/h3-6,12H,1-2,7-9H2,16H4. The van der Waals surface area contributed by atoms with Crippen LogP contribution in [0, 0.1) is 0 Å². The summed E-state index contributed by atoms with van der Waals surface area (Å²) >= 11 is 7.90. The Labute approximate surface area is 114 Å². The molecule has 5 heteroatoms. The predicted octanol–water partition coefficient (Wildman–Crippen LogP) is 3.22. The van der Waals surface area contributed by atoms with Gasteiger partial charge in [0.05, 0.1) is 0 Å². The number of rotatable bonds is 5. The van der Waals surface area contributed by atoms with Crippen molar-refractivity contribution in [1.82, 2.24) is 4.90 Å². The molecule has 1 atom stereocenters. The molecule has 1 fully saturated rings. The van der Waals surface area contributed by atoms with Crippen LogP contribution in [0.25, 0.3) is 0 Å². The molecule has 1 aliphatic heterocycles. The normalized spacial score (nSPS) is 21.0. The van der Waals surface area contributed by atoms with Gasteiger partial charge >= 0.3 is 114 Å². The molecule has 0 radical (unpaired) electrons. The second-order valence-electron chi connectivity index (χ2n) is 4.25. The molecule has 1 unspecified atom stereocenters. The summed E-state index contributed by atoms with van der Waals surface area (Å²) in [4.78, 5) is 2.44. The van der Waals surface area contributed by atoms with Gasteiger partial charge in [0.1, 0.15) is 0 Å². The third-order valence-corrected chi connectivity index (χ3v) is 5.98. The minimum absolute atomic E-state index is 0.673. The van der Waals surface area contributed by atoms with E-state index in [1.165, 1.54) is 33.4 Å². The Hall–Kier alpha value is 0.210. The van der Waals surface area contributed by atoms with Crippen molar-refractivity contribution in [3.8, 4) is 0 Å². The van der Waals surface area contributed by atoms with Crippen molar-refractivity contribution in [2.24, 2.45) is 0 Å². The fourth-order valence-corrected chi connectivity index (χ4v) is 4.67. The van der Waals surface area contributed by atoms with Crippen LogP contribution in [0.3, 0.4) is 0 Å². The van der Waals surface area contributed by atoms with E-state index in [0.717, 1.165) is 11.8 Å². The zero-order valence-electron chi connectivity index (χ0n) is 10.1. The number of benzene rings is 1. The van der Waals surface area contributed by atoms with Gasteiger partial charge in [-0.15, -0.1) is 0 Å². The molecular formula is C12H19ClNOPS. The van der Waals surface area contributed by atoms with E-state index in [-0.39, 0.29) is 0 Å². The van der Waals surface area contributed by atoms with Crippen molar-refractivity contribution in [2.75, 3.05) is 13.3 Å². The number of ether oxygens (including phenoxy) is 1. The van der Waals surface area contributed by atoms with Crippen LogP contribution in [0.5, 0.6) is 0 Å². The molecule has 0 saturated carbocycles. The summed E-state index contributed by atoms with van der Waals surface area (Å²) in [6.07, 6.45) is 2.63. The zero-order valence-corrected chi connectivity index (χ0v) is 13.6. The van der Waals surface area contributed by atoms with Gasteiger partial charge in [0.15, 0.2) is 0 Å². The average Bonchev–Trinajstić information content (AvgIpc) is 2.79. The first-order chi connectivity index (χ1) is 8.29. The van der Waals surface area contributed by atoms with Gasteiger partial charge in [0, 0.05) is 0 Å². The van der Waals surface area contributed by atoms with Crippen LogP contribution in [0.1, 0.15) is 18.4 Å². The molecule has 0 aromatic heterocycles. The fourth-order valence-electron chi connectivity index (χ4n) is 2.07. The van der Waals surface area contributed by atoms with E-state index in [1.54, 1.807) is 0 Å². The van der Waals surface area contributed by atoms with Gasteiger partial charge in [-0.2, -0.15) is 0 Å². The molecule has 2 nitrogen and oxygen atoms in total. The molecule has 1 aliphatic rings. The van der Waals surface area contributed by atoms with Crippen LogP contribution >= 0.6 is 31.4 Å². The van der Waals surface area contributed by atoms with E-state index >= 15 is 0 Å². The summed E-state index contributed by atoms with van der Waals surface area (Å²) < 4.78 is 5.76. The van der Waals surface area contributed by atoms with Gasteiger partial charge in [-0.25, -0.2) is 0 Å². The van der Waals surface area contributed by atoms with Crippen LogP contribution in [0.15, 0.2) is 24.3 Å². The summed E-state index contributed by atoms with van der Waals surface area (Å²) in [7, 11) is 1.21. The van der Waals surface area contributed by atoms with E-state index in [2.05, 4.69) is 16.3 Å². The van der Waals surface area contributed by atoms with E-state index in [0.29, 0.717) is 12.0 Å². The molecule has 0 bridgehead atoms. The topological polar surface area (TPSA) is 12.5 Å². The molecule has 0 spiro atoms. The van der Waals surface area contributed by atoms with E-state index in [9.17, 15) is 0 Å². The van der Waals surface area contributed by atoms with Crippen LogP contribution < -0.4 is 0 Å². The minimum atomic E-state index is 0.673. The summed E-state index contributed by atoms with van der Waals surface area (Å²) in [6.45, 7) is 2.61. The monoisotopic (exact) mass is 291 g/mol. The SMILES string of the molecule is [PH4]SC1CCCN1COCc1ccc(Cl)cc1. The van der Waals surface area contributed by atoms with Crippen molar-refractivity contribution < 1.29 is 4.74 Å². The second kappa shape index (κ2) is 6.96. The van der Waals surface area contributed by atoms with E-state index < -0.39 is 0 Å². The number of hydrogen-bond donors (Lipinski definition) is 0. The van der Waals surface area contributed by atoms with Crippen molar-refractivity contribution >= 4 is 31.4 Å². The number of nitrogens with zero attached hydrogens (tertiary/aromatic N) is 1. The molecule has 0 aliphatic carbocycles. The first-order valence-corrected chi connectivity index (χ1v) is 10.00. The molecule has 1 saturated heterocycles. The van der Waals surface area contributed by atoms with Gasteiger partial charge in [-0.05, 0) is 0 Å². The van der Waals surface area contributed by atoms with E-state index in [1.807, 2.05) is 24.3 Å². The van der Waals surface area contributed by atoms with Crippen molar-refractivity contribution in [1.29, 1.82) is 0 Å². The summed E-state index contributed by atoms with van der Waals surface area (Å²) in [5, 5.41) is 1.48. The molecule has 1 heterocycles. The Bertz CT molecular complexity index is 349. The van der Waals surface area contributed by atoms with Crippen molar-refractivity contribution in [3.63, 3.8) is 0 Å². The Morgan fingerprint density at radius 3 is 2.88 bits per heavy atom. The van der Waals surface area contributed by atoms with Gasteiger partial charge in [-0.1, -0.05) is 0 Å². The Morgan fingerprint density at radius 2 is 2.18 bits per heavy atom. The zero-order chi connectivity index (χ0) is 12.1. The first kappa shape index (κ1) is 13.6. The Kier molecular flexibility index (Phi) is 5.58. The molecule has 17 heavy (non-hydrogen) atoms. The third-order valence-electron chi connectivity index (χ3n) is 3.01. The summed E-state index contributed by atoms with van der Waals surface area (Å²) in [6, 6.07) is 7.86. The maximum absolute atomic E-state index is 5.84. The maximum atomic E-state index is 5.84. The molecule has 2 rings (SSSR count). The van der Waals surface area contributed by atoms with Gasteiger partial charge in [0.25, 0.3) is 0 Å². The number of hydrogen-bond acceptors (Lipinski definition) is 3. The molecule has 0 amide bonds. The van der Waals surface area contributed by atoms with Crippen molar-refractivity contribution in [3.05, 3.63) is 34.9 Å². The molecule has 1 aromatic carbocycles. The average molecular weight is 292 g/mol. The third kappa shape index (κ3) is 4.11. The van der Waals surface area contributed by atoms with Crippen molar-refractivity contribution in [2.45, 2.75) is 24.8 Å². The van der Waals surface area contributed by atoms with Gasteiger partial charge < -0.3 is 0 Å². The van der Waals surface area contributed by atoms with Gasteiger partial charge in [0.2, 0.25) is 0 Å². The van der Waals surface area contributed by atoms with Crippen LogP contribution in [0.4, 0.5) is 0 Å². The molecule has 1 aromatic rings. The molecule has 0 N–H and O–H groups in total. The number of halogens is 1. The number of likely N-dealkylation sites (tertiary alicyclic amines) is 1. The first-order valence-electron chi connectivity index (χ1n) is 5.88. The summed E-state index contributed by atoms with van der Waals surface area (Å²) in [5.41, 5.74) is 1.18. The van der Waals surface area contributed by atoms with Gasteiger partial charge in [-0.3, -0.25) is 0 Å². The molecule has 96 valence electrons. The van der Waals surface area contributed by atoms with E-state index in [4.69, 9.17) is 16.3 Å². The van der Waals surface area contributed by atoms with Crippen LogP contribution in [-0.4, -0.2) is 23.5 Å². The molecular weight excluding hydrogens is 273 g/mol.